The van der Waals surface area contributed by atoms with Crippen LogP contribution in [0.25, 0.3) is 0 Å². The molecule has 0 saturated carbocycles. The van der Waals surface area contributed by atoms with Gasteiger partial charge in [-0.05, 0) is 30.3 Å². The zero-order chi connectivity index (χ0) is 19.2. The van der Waals surface area contributed by atoms with E-state index in [0.717, 1.165) is 24.3 Å². The van der Waals surface area contributed by atoms with Crippen LogP contribution in [-0.4, -0.2) is 39.5 Å². The molecule has 0 fully saturated rings. The predicted molar refractivity (Wildman–Crippen MR) is 94.6 cm³/mol. The van der Waals surface area contributed by atoms with Crippen LogP contribution in [0.15, 0.2) is 53.4 Å². The lowest BCUT2D eigenvalue weighted by molar-refractivity contribution is -0.384. The quantitative estimate of drug-likeness (QED) is 0.409. The maximum atomic E-state index is 12.4. The first-order chi connectivity index (χ1) is 12.3. The Morgan fingerprint density at radius 3 is 2.50 bits per heavy atom. The summed E-state index contributed by atoms with van der Waals surface area (Å²) in [7, 11) is -2.43. The Balaban J connectivity index is 2.15. The number of amides is 1. The number of anilines is 1. The summed E-state index contributed by atoms with van der Waals surface area (Å²) >= 11 is 0. The molecule has 138 valence electrons. The smallest absolute Gasteiger partial charge is 0.269 e. The molecule has 0 unspecified atom stereocenters. The van der Waals surface area contributed by atoms with Gasteiger partial charge in [-0.25, -0.2) is 8.42 Å². The number of ether oxygens (including phenoxy) is 1. The van der Waals surface area contributed by atoms with Crippen molar-refractivity contribution < 1.29 is 22.9 Å². The highest BCUT2D eigenvalue weighted by molar-refractivity contribution is 7.92. The first-order valence-corrected chi connectivity index (χ1v) is 8.96. The minimum absolute atomic E-state index is 0.127. The molecule has 0 aromatic heterocycles. The Labute approximate surface area is 150 Å². The molecule has 2 aromatic carbocycles. The van der Waals surface area contributed by atoms with Gasteiger partial charge in [-0.15, -0.1) is 0 Å². The van der Waals surface area contributed by atoms with Crippen LogP contribution in [0.2, 0.25) is 0 Å². The van der Waals surface area contributed by atoms with Crippen LogP contribution in [-0.2, 0) is 14.8 Å². The van der Waals surface area contributed by atoms with Crippen molar-refractivity contribution in [3.05, 3.63) is 64.2 Å². The first kappa shape index (κ1) is 19.3. The van der Waals surface area contributed by atoms with Crippen molar-refractivity contribution in [3.63, 3.8) is 0 Å². The van der Waals surface area contributed by atoms with E-state index in [2.05, 4.69) is 10.0 Å². The maximum Gasteiger partial charge on any atom is 0.269 e. The fourth-order valence-corrected chi connectivity index (χ4v) is 3.10. The molecule has 0 radical (unpaired) electrons. The molecular formula is C16H17N3O6S. The molecule has 0 aliphatic heterocycles. The van der Waals surface area contributed by atoms with E-state index in [1.165, 1.54) is 19.2 Å². The second kappa shape index (κ2) is 8.41. The summed E-state index contributed by atoms with van der Waals surface area (Å²) in [6.07, 6.45) is 0. The molecule has 0 saturated heterocycles. The van der Waals surface area contributed by atoms with Crippen molar-refractivity contribution in [2.75, 3.05) is 25.0 Å². The molecule has 0 atom stereocenters. The van der Waals surface area contributed by atoms with Crippen LogP contribution >= 0.6 is 0 Å². The van der Waals surface area contributed by atoms with Crippen molar-refractivity contribution in [1.82, 2.24) is 5.32 Å². The van der Waals surface area contributed by atoms with Gasteiger partial charge in [0.05, 0.1) is 16.4 Å². The van der Waals surface area contributed by atoms with Crippen molar-refractivity contribution in [3.8, 4) is 0 Å². The number of benzene rings is 2. The highest BCUT2D eigenvalue weighted by Gasteiger charge is 2.16. The fraction of sp³-hybridized carbons (Fsp3) is 0.188. The molecule has 0 aliphatic carbocycles. The zero-order valence-corrected chi connectivity index (χ0v) is 14.7. The number of nitro groups is 1. The lowest BCUT2D eigenvalue weighted by atomic mass is 10.2. The molecule has 0 aliphatic rings. The molecule has 0 heterocycles. The number of nitrogens with zero attached hydrogens (tertiary/aromatic N) is 1. The molecule has 2 rings (SSSR count). The first-order valence-electron chi connectivity index (χ1n) is 7.48. The average molecular weight is 379 g/mol. The Kier molecular flexibility index (Phi) is 6.26. The largest absolute Gasteiger partial charge is 0.383 e. The Bertz CT molecular complexity index is 896. The van der Waals surface area contributed by atoms with Gasteiger partial charge in [-0.3, -0.25) is 19.6 Å². The number of nitro benzene ring substituents is 1. The van der Waals surface area contributed by atoms with Gasteiger partial charge in [0.15, 0.2) is 0 Å². The van der Waals surface area contributed by atoms with Crippen LogP contribution in [0.4, 0.5) is 11.4 Å². The van der Waals surface area contributed by atoms with Crippen molar-refractivity contribution in [2.24, 2.45) is 0 Å². The lowest BCUT2D eigenvalue weighted by Crippen LogP contribution is -2.27. The van der Waals surface area contributed by atoms with Crippen LogP contribution in [0, 0.1) is 10.1 Å². The van der Waals surface area contributed by atoms with Gasteiger partial charge in [0.2, 0.25) is 0 Å². The average Bonchev–Trinajstić information content (AvgIpc) is 2.61. The minimum Gasteiger partial charge on any atom is -0.383 e. The molecule has 0 spiro atoms. The third-order valence-electron chi connectivity index (χ3n) is 3.33. The van der Waals surface area contributed by atoms with Gasteiger partial charge in [0.1, 0.15) is 0 Å². The normalized spacial score (nSPS) is 11.0. The summed E-state index contributed by atoms with van der Waals surface area (Å²) < 4.78 is 31.9. The van der Waals surface area contributed by atoms with Gasteiger partial charge < -0.3 is 10.1 Å². The second-order valence-corrected chi connectivity index (χ2v) is 6.87. The van der Waals surface area contributed by atoms with Gasteiger partial charge in [-0.2, -0.15) is 0 Å². The SMILES string of the molecule is COCCNC(=O)c1cccc(NS(=O)(=O)c2ccc([N+](=O)[O-])cc2)c1. The number of hydrogen-bond donors (Lipinski definition) is 2. The van der Waals surface area contributed by atoms with E-state index in [9.17, 15) is 23.3 Å². The van der Waals surface area contributed by atoms with E-state index in [-0.39, 0.29) is 27.7 Å². The summed E-state index contributed by atoms with van der Waals surface area (Å²) in [5.41, 5.74) is 0.270. The number of nitrogens with one attached hydrogen (secondary N) is 2. The Morgan fingerprint density at radius 1 is 1.19 bits per heavy atom. The summed E-state index contributed by atoms with van der Waals surface area (Å²) in [6.45, 7) is 0.687. The molecule has 10 heteroatoms. The molecule has 2 N–H and O–H groups in total. The zero-order valence-electron chi connectivity index (χ0n) is 13.8. The third kappa shape index (κ3) is 5.01. The maximum absolute atomic E-state index is 12.4. The third-order valence-corrected chi connectivity index (χ3v) is 4.72. The number of carbonyl (C=O) groups excluding carboxylic acids is 1. The number of methoxy groups -OCH3 is 1. The standard InChI is InChI=1S/C16H17N3O6S/c1-25-10-9-17-16(20)12-3-2-4-13(11-12)18-26(23,24)15-7-5-14(6-8-15)19(21)22/h2-8,11,18H,9-10H2,1H3,(H,17,20). The highest BCUT2D eigenvalue weighted by atomic mass is 32.2. The van der Waals surface area contributed by atoms with Crippen molar-refractivity contribution >= 4 is 27.3 Å². The lowest BCUT2D eigenvalue weighted by Gasteiger charge is -2.10. The number of carbonyl (C=O) groups is 1. The predicted octanol–water partition coefficient (Wildman–Crippen LogP) is 1.77. The van der Waals surface area contributed by atoms with Crippen LogP contribution < -0.4 is 10.0 Å². The van der Waals surface area contributed by atoms with Crippen LogP contribution in [0.1, 0.15) is 10.4 Å². The van der Waals surface area contributed by atoms with Gasteiger partial charge in [-0.1, -0.05) is 6.07 Å². The number of hydrogen-bond acceptors (Lipinski definition) is 6. The van der Waals surface area contributed by atoms with E-state index < -0.39 is 14.9 Å². The Morgan fingerprint density at radius 2 is 1.88 bits per heavy atom. The van der Waals surface area contributed by atoms with Gasteiger partial charge in [0.25, 0.3) is 21.6 Å². The van der Waals surface area contributed by atoms with E-state index >= 15 is 0 Å². The summed E-state index contributed by atoms with van der Waals surface area (Å²) in [5, 5.41) is 13.3. The molecule has 26 heavy (non-hydrogen) atoms. The Hall–Kier alpha value is -2.98. The second-order valence-electron chi connectivity index (χ2n) is 5.19. The van der Waals surface area contributed by atoms with Gasteiger partial charge in [0, 0.05) is 37.0 Å². The van der Waals surface area contributed by atoms with E-state index in [4.69, 9.17) is 4.74 Å². The monoisotopic (exact) mass is 379 g/mol. The van der Waals surface area contributed by atoms with E-state index in [0.29, 0.717) is 13.2 Å². The summed E-state index contributed by atoms with van der Waals surface area (Å²) in [4.78, 5) is 21.9. The molecule has 0 bridgehead atoms. The fourth-order valence-electron chi connectivity index (χ4n) is 2.05. The summed E-state index contributed by atoms with van der Waals surface area (Å²) in [6, 6.07) is 10.5. The van der Waals surface area contributed by atoms with Crippen LogP contribution in [0.3, 0.4) is 0 Å². The minimum atomic E-state index is -3.94. The molecule has 2 aromatic rings. The number of sulfonamides is 1. The van der Waals surface area contributed by atoms with Crippen LogP contribution in [0.5, 0.6) is 0 Å². The van der Waals surface area contributed by atoms with Crippen molar-refractivity contribution in [1.29, 1.82) is 0 Å². The number of non-ortho nitro benzene ring substituents is 1. The number of rotatable bonds is 8. The van der Waals surface area contributed by atoms with E-state index in [1.807, 2.05) is 0 Å². The topological polar surface area (TPSA) is 128 Å². The molecular weight excluding hydrogens is 362 g/mol. The highest BCUT2D eigenvalue weighted by Crippen LogP contribution is 2.20. The van der Waals surface area contributed by atoms with Crippen molar-refractivity contribution in [2.45, 2.75) is 4.90 Å². The van der Waals surface area contributed by atoms with E-state index in [1.54, 1.807) is 12.1 Å². The van der Waals surface area contributed by atoms with Gasteiger partial charge >= 0.3 is 0 Å². The molecule has 1 amide bonds. The summed E-state index contributed by atoms with van der Waals surface area (Å²) in [5.74, 6) is -0.363. The molecule has 9 nitrogen and oxygen atoms in total.